The van der Waals surface area contributed by atoms with Gasteiger partial charge in [0.1, 0.15) is 0 Å². The van der Waals surface area contributed by atoms with E-state index in [1.54, 1.807) is 0 Å². The summed E-state index contributed by atoms with van der Waals surface area (Å²) >= 11 is 0. The van der Waals surface area contributed by atoms with Crippen molar-refractivity contribution in [2.45, 2.75) is 19.8 Å². The van der Waals surface area contributed by atoms with Crippen molar-refractivity contribution < 1.29 is 14.0 Å². The van der Waals surface area contributed by atoms with Crippen molar-refractivity contribution in [3.05, 3.63) is 29.3 Å². The second-order valence-electron chi connectivity index (χ2n) is 3.65. The lowest BCUT2D eigenvalue weighted by molar-refractivity contribution is -0.125. The van der Waals surface area contributed by atoms with Crippen LogP contribution >= 0.6 is 0 Å². The van der Waals surface area contributed by atoms with Crippen LogP contribution in [0.4, 0.5) is 4.39 Å². The van der Waals surface area contributed by atoms with Crippen molar-refractivity contribution in [2.24, 2.45) is 0 Å². The van der Waals surface area contributed by atoms with E-state index in [9.17, 15) is 9.18 Å². The topological polar surface area (TPSA) is 42.4 Å². The van der Waals surface area contributed by atoms with Gasteiger partial charge < -0.3 is 0 Å². The lowest BCUT2D eigenvalue weighted by Gasteiger charge is -2.27. The van der Waals surface area contributed by atoms with Gasteiger partial charge in [0.25, 0.3) is 5.91 Å². The van der Waals surface area contributed by atoms with Gasteiger partial charge in [-0.2, -0.15) is 0 Å². The molecule has 2 heterocycles. The quantitative estimate of drug-likeness (QED) is 0.782. The molecule has 0 saturated heterocycles. The number of amides is 1. The first-order valence-corrected chi connectivity index (χ1v) is 5.31. The van der Waals surface area contributed by atoms with Crippen LogP contribution in [-0.4, -0.2) is 29.1 Å². The Kier molecular flexibility index (Phi) is 3.14. The van der Waals surface area contributed by atoms with Gasteiger partial charge in [-0.25, -0.2) is 9.45 Å². The van der Waals surface area contributed by atoms with Gasteiger partial charge in [-0.15, -0.1) is 0 Å². The molecule has 5 heteroatoms. The van der Waals surface area contributed by atoms with Crippen LogP contribution in [0, 0.1) is 5.82 Å². The zero-order valence-electron chi connectivity index (χ0n) is 9.07. The van der Waals surface area contributed by atoms with Gasteiger partial charge in [-0.05, 0) is 18.4 Å². The summed E-state index contributed by atoms with van der Waals surface area (Å²) in [4.78, 5) is 20.9. The molecule has 16 heavy (non-hydrogen) atoms. The first kappa shape index (κ1) is 11.0. The molecule has 1 aliphatic rings. The zero-order chi connectivity index (χ0) is 11.5. The number of carbonyl (C=O) groups excluding carboxylic acids is 1. The Morgan fingerprint density at radius 2 is 2.38 bits per heavy atom. The molecular formula is C11H13FN2O2. The minimum Gasteiger partial charge on any atom is -0.271 e. The van der Waals surface area contributed by atoms with Crippen LogP contribution in [0.1, 0.15) is 29.3 Å². The third-order valence-electron chi connectivity index (χ3n) is 2.45. The molecule has 0 aliphatic carbocycles. The van der Waals surface area contributed by atoms with Crippen LogP contribution in [0.15, 0.2) is 12.4 Å². The number of carbonyl (C=O) groups is 1. The molecule has 1 aromatic rings. The number of fused-ring (bicyclic) bond motifs is 1. The number of hydroxylamine groups is 2. The molecule has 1 amide bonds. The number of hydrogen-bond donors (Lipinski definition) is 0. The van der Waals surface area contributed by atoms with Crippen molar-refractivity contribution in [2.75, 3.05) is 13.2 Å². The highest BCUT2D eigenvalue weighted by atomic mass is 19.1. The lowest BCUT2D eigenvalue weighted by Crippen LogP contribution is -2.38. The van der Waals surface area contributed by atoms with E-state index in [-0.39, 0.29) is 5.56 Å². The molecule has 86 valence electrons. The molecule has 0 saturated carbocycles. The molecule has 1 aliphatic heterocycles. The number of hydrogen-bond acceptors (Lipinski definition) is 3. The van der Waals surface area contributed by atoms with Gasteiger partial charge in [0.2, 0.25) is 0 Å². The number of rotatable bonds is 3. The molecule has 0 spiro atoms. The van der Waals surface area contributed by atoms with Gasteiger partial charge in [0.05, 0.1) is 24.9 Å². The van der Waals surface area contributed by atoms with Gasteiger partial charge in [-0.3, -0.25) is 14.6 Å². The number of nitrogens with zero attached hydrogens (tertiary/aromatic N) is 2. The van der Waals surface area contributed by atoms with E-state index >= 15 is 0 Å². The summed E-state index contributed by atoms with van der Waals surface area (Å²) < 4.78 is 13.5. The molecule has 0 aromatic carbocycles. The van der Waals surface area contributed by atoms with Crippen LogP contribution in [0.5, 0.6) is 0 Å². The summed E-state index contributed by atoms with van der Waals surface area (Å²) in [6.45, 7) is 2.87. The van der Waals surface area contributed by atoms with E-state index in [1.807, 2.05) is 6.92 Å². The van der Waals surface area contributed by atoms with Crippen molar-refractivity contribution in [3.8, 4) is 0 Å². The maximum Gasteiger partial charge on any atom is 0.280 e. The predicted molar refractivity (Wildman–Crippen MR) is 55.2 cm³/mol. The van der Waals surface area contributed by atoms with E-state index in [0.29, 0.717) is 25.1 Å². The summed E-state index contributed by atoms with van der Waals surface area (Å²) in [5, 5.41) is 1.23. The molecule has 0 unspecified atom stereocenters. The zero-order valence-corrected chi connectivity index (χ0v) is 9.07. The fourth-order valence-electron chi connectivity index (χ4n) is 1.68. The minimum atomic E-state index is -0.577. The first-order valence-electron chi connectivity index (χ1n) is 5.31. The highest BCUT2D eigenvalue weighted by Gasteiger charge is 2.28. The number of halogens is 1. The normalized spacial score (nSPS) is 15.1. The Morgan fingerprint density at radius 1 is 1.56 bits per heavy atom. The van der Waals surface area contributed by atoms with Crippen molar-refractivity contribution in [1.29, 1.82) is 0 Å². The molecule has 0 bridgehead atoms. The lowest BCUT2D eigenvalue weighted by atomic mass is 10.0. The van der Waals surface area contributed by atoms with Crippen LogP contribution < -0.4 is 0 Å². The average Bonchev–Trinajstić information content (AvgIpc) is 2.28. The summed E-state index contributed by atoms with van der Waals surface area (Å²) in [7, 11) is 0. The van der Waals surface area contributed by atoms with Gasteiger partial charge in [0.15, 0.2) is 5.82 Å². The van der Waals surface area contributed by atoms with E-state index in [4.69, 9.17) is 4.84 Å². The second kappa shape index (κ2) is 4.57. The fourth-order valence-corrected chi connectivity index (χ4v) is 1.68. The Hall–Kier alpha value is -1.49. The first-order chi connectivity index (χ1) is 7.74. The largest absolute Gasteiger partial charge is 0.280 e. The SMILES string of the molecule is CCCON1CCc2cncc(F)c2C1=O. The van der Waals surface area contributed by atoms with Crippen LogP contribution in [0.25, 0.3) is 0 Å². The summed E-state index contributed by atoms with van der Waals surface area (Å²) in [6.07, 6.45) is 3.98. The maximum atomic E-state index is 13.5. The number of pyridine rings is 1. The highest BCUT2D eigenvalue weighted by molar-refractivity contribution is 5.96. The van der Waals surface area contributed by atoms with Crippen molar-refractivity contribution in [1.82, 2.24) is 10.0 Å². The number of aromatic nitrogens is 1. The fraction of sp³-hybridized carbons (Fsp3) is 0.455. The smallest absolute Gasteiger partial charge is 0.271 e. The third kappa shape index (κ3) is 1.90. The standard InChI is InChI=1S/C11H13FN2O2/c1-2-5-16-14-4-3-8-6-13-7-9(12)10(8)11(14)15/h6-7H,2-5H2,1H3. The van der Waals surface area contributed by atoms with Crippen LogP contribution in [0.2, 0.25) is 0 Å². The Labute approximate surface area is 93.0 Å². The van der Waals surface area contributed by atoms with Gasteiger partial charge >= 0.3 is 0 Å². The highest BCUT2D eigenvalue weighted by Crippen LogP contribution is 2.20. The average molecular weight is 224 g/mol. The van der Waals surface area contributed by atoms with E-state index < -0.39 is 11.7 Å². The minimum absolute atomic E-state index is 0.0948. The summed E-state index contributed by atoms with van der Waals surface area (Å²) in [5.41, 5.74) is 0.749. The van der Waals surface area contributed by atoms with Crippen LogP contribution in [-0.2, 0) is 11.3 Å². The molecular weight excluding hydrogens is 211 g/mol. The van der Waals surface area contributed by atoms with Gasteiger partial charge in [-0.1, -0.05) is 6.92 Å². The third-order valence-corrected chi connectivity index (χ3v) is 2.45. The molecule has 0 atom stereocenters. The summed E-state index contributed by atoms with van der Waals surface area (Å²) in [5.74, 6) is -0.984. The molecule has 0 fully saturated rings. The van der Waals surface area contributed by atoms with Crippen molar-refractivity contribution >= 4 is 5.91 Å². The Bertz CT molecular complexity index is 409. The predicted octanol–water partition coefficient (Wildman–Crippen LogP) is 1.56. The molecule has 1 aromatic heterocycles. The van der Waals surface area contributed by atoms with Crippen molar-refractivity contribution in [3.63, 3.8) is 0 Å². The molecule has 0 radical (unpaired) electrons. The van der Waals surface area contributed by atoms with E-state index in [1.165, 1.54) is 11.3 Å². The summed E-state index contributed by atoms with van der Waals surface area (Å²) in [6, 6.07) is 0. The molecule has 2 rings (SSSR count). The van der Waals surface area contributed by atoms with E-state index in [2.05, 4.69) is 4.98 Å². The van der Waals surface area contributed by atoms with Gasteiger partial charge in [0, 0.05) is 6.20 Å². The second-order valence-corrected chi connectivity index (χ2v) is 3.65. The van der Waals surface area contributed by atoms with Crippen LogP contribution in [0.3, 0.4) is 0 Å². The maximum absolute atomic E-state index is 13.5. The monoisotopic (exact) mass is 224 g/mol. The van der Waals surface area contributed by atoms with E-state index in [0.717, 1.165) is 12.6 Å². The Balaban J connectivity index is 2.24. The molecule has 4 nitrogen and oxygen atoms in total. The Morgan fingerprint density at radius 3 is 3.12 bits per heavy atom. The molecule has 0 N–H and O–H groups in total.